The standard InChI is InChI=1S/C16H29N3O2.ClH/c1-2-3-10-18-15(21)16(8-5-4-6-9-16)19-14(20)13-7-11-17-12-13;/h13,17H,2-12H2,1H3,(H,18,21)(H,19,20);1H. The van der Waals surface area contributed by atoms with Crippen LogP contribution in [-0.2, 0) is 9.59 Å². The quantitative estimate of drug-likeness (QED) is 0.649. The molecular formula is C16H30ClN3O2. The van der Waals surface area contributed by atoms with Gasteiger partial charge < -0.3 is 16.0 Å². The number of carbonyl (C=O) groups is 2. The fraction of sp³-hybridized carbons (Fsp3) is 0.875. The van der Waals surface area contributed by atoms with Crippen molar-refractivity contribution in [2.45, 2.75) is 63.8 Å². The summed E-state index contributed by atoms with van der Waals surface area (Å²) < 4.78 is 0. The van der Waals surface area contributed by atoms with Gasteiger partial charge in [-0.3, -0.25) is 9.59 Å². The number of hydrogen-bond acceptors (Lipinski definition) is 3. The molecule has 1 aliphatic carbocycles. The van der Waals surface area contributed by atoms with E-state index in [1.165, 1.54) is 0 Å². The molecule has 0 aromatic heterocycles. The van der Waals surface area contributed by atoms with E-state index in [-0.39, 0.29) is 30.1 Å². The fourth-order valence-corrected chi connectivity index (χ4v) is 3.33. The van der Waals surface area contributed by atoms with E-state index in [1.807, 2.05) is 0 Å². The monoisotopic (exact) mass is 331 g/mol. The summed E-state index contributed by atoms with van der Waals surface area (Å²) in [5, 5.41) is 9.34. The molecule has 1 aliphatic heterocycles. The maximum absolute atomic E-state index is 12.6. The molecule has 128 valence electrons. The topological polar surface area (TPSA) is 70.2 Å². The van der Waals surface area contributed by atoms with Crippen molar-refractivity contribution in [1.82, 2.24) is 16.0 Å². The predicted octanol–water partition coefficient (Wildman–Crippen LogP) is 1.75. The number of amides is 2. The smallest absolute Gasteiger partial charge is 0.245 e. The average Bonchev–Trinajstić information content (AvgIpc) is 3.02. The van der Waals surface area contributed by atoms with E-state index in [0.29, 0.717) is 6.54 Å². The minimum atomic E-state index is -0.661. The Labute approximate surface area is 139 Å². The van der Waals surface area contributed by atoms with Gasteiger partial charge in [-0.05, 0) is 32.2 Å². The lowest BCUT2D eigenvalue weighted by molar-refractivity contribution is -0.136. The molecule has 1 saturated carbocycles. The summed E-state index contributed by atoms with van der Waals surface area (Å²) >= 11 is 0. The van der Waals surface area contributed by atoms with Gasteiger partial charge in [-0.2, -0.15) is 0 Å². The van der Waals surface area contributed by atoms with Crippen molar-refractivity contribution in [3.63, 3.8) is 0 Å². The van der Waals surface area contributed by atoms with E-state index < -0.39 is 5.54 Å². The third-order valence-electron chi connectivity index (χ3n) is 4.75. The summed E-state index contributed by atoms with van der Waals surface area (Å²) in [6.07, 6.45) is 7.67. The SMILES string of the molecule is CCCCNC(=O)C1(NC(=O)C2CCNC2)CCCCC1.Cl. The molecule has 1 atom stereocenters. The van der Waals surface area contributed by atoms with Crippen LogP contribution in [0.1, 0.15) is 58.3 Å². The lowest BCUT2D eigenvalue weighted by Crippen LogP contribution is -2.60. The number of unbranched alkanes of at least 4 members (excludes halogenated alkanes) is 1. The molecule has 0 aromatic carbocycles. The molecule has 22 heavy (non-hydrogen) atoms. The summed E-state index contributed by atoms with van der Waals surface area (Å²) in [5.74, 6) is 0.0924. The summed E-state index contributed by atoms with van der Waals surface area (Å²) in [4.78, 5) is 25.0. The van der Waals surface area contributed by atoms with Gasteiger partial charge in [0.25, 0.3) is 0 Å². The molecule has 2 fully saturated rings. The molecular weight excluding hydrogens is 302 g/mol. The number of carbonyl (C=O) groups excluding carboxylic acids is 2. The molecule has 0 radical (unpaired) electrons. The van der Waals surface area contributed by atoms with Crippen molar-refractivity contribution < 1.29 is 9.59 Å². The average molecular weight is 332 g/mol. The highest BCUT2D eigenvalue weighted by Gasteiger charge is 2.41. The minimum absolute atomic E-state index is 0. The van der Waals surface area contributed by atoms with E-state index >= 15 is 0 Å². The van der Waals surface area contributed by atoms with Crippen molar-refractivity contribution >= 4 is 24.2 Å². The van der Waals surface area contributed by atoms with Crippen molar-refractivity contribution in [3.8, 4) is 0 Å². The first kappa shape index (κ1) is 19.2. The highest BCUT2D eigenvalue weighted by molar-refractivity contribution is 5.92. The van der Waals surface area contributed by atoms with Gasteiger partial charge in [-0.25, -0.2) is 0 Å². The van der Waals surface area contributed by atoms with Crippen LogP contribution in [0.2, 0.25) is 0 Å². The Bertz CT molecular complexity index is 364. The molecule has 0 aromatic rings. The molecule has 3 N–H and O–H groups in total. The Morgan fingerprint density at radius 3 is 2.55 bits per heavy atom. The second kappa shape index (κ2) is 9.36. The van der Waals surface area contributed by atoms with Crippen LogP contribution in [0.15, 0.2) is 0 Å². The van der Waals surface area contributed by atoms with Gasteiger partial charge in [0.05, 0.1) is 5.92 Å². The van der Waals surface area contributed by atoms with Crippen LogP contribution in [0, 0.1) is 5.92 Å². The van der Waals surface area contributed by atoms with E-state index in [1.54, 1.807) is 0 Å². The molecule has 5 nitrogen and oxygen atoms in total. The van der Waals surface area contributed by atoms with E-state index in [9.17, 15) is 9.59 Å². The maximum Gasteiger partial charge on any atom is 0.245 e. The lowest BCUT2D eigenvalue weighted by Gasteiger charge is -2.37. The normalized spacial score (nSPS) is 23.4. The minimum Gasteiger partial charge on any atom is -0.354 e. The Kier molecular flexibility index (Phi) is 8.18. The molecule has 1 heterocycles. The summed E-state index contributed by atoms with van der Waals surface area (Å²) in [6.45, 7) is 4.45. The molecule has 0 spiro atoms. The number of rotatable bonds is 6. The highest BCUT2D eigenvalue weighted by Crippen LogP contribution is 2.29. The second-order valence-electron chi connectivity index (χ2n) is 6.43. The lowest BCUT2D eigenvalue weighted by atomic mass is 9.80. The molecule has 2 aliphatic rings. The zero-order chi connectivity index (χ0) is 15.1. The Balaban J connectivity index is 0.00000242. The predicted molar refractivity (Wildman–Crippen MR) is 90.1 cm³/mol. The first-order chi connectivity index (χ1) is 10.2. The van der Waals surface area contributed by atoms with Crippen molar-refractivity contribution in [3.05, 3.63) is 0 Å². The zero-order valence-electron chi connectivity index (χ0n) is 13.6. The first-order valence-corrected chi connectivity index (χ1v) is 8.49. The van der Waals surface area contributed by atoms with Gasteiger partial charge in [0.1, 0.15) is 5.54 Å². The van der Waals surface area contributed by atoms with Gasteiger partial charge in [-0.15, -0.1) is 12.4 Å². The molecule has 1 saturated heterocycles. The summed E-state index contributed by atoms with van der Waals surface area (Å²) in [7, 11) is 0. The van der Waals surface area contributed by atoms with Crippen molar-refractivity contribution in [1.29, 1.82) is 0 Å². The van der Waals surface area contributed by atoms with Gasteiger partial charge in [-0.1, -0.05) is 32.6 Å². The second-order valence-corrected chi connectivity index (χ2v) is 6.43. The highest BCUT2D eigenvalue weighted by atomic mass is 35.5. The van der Waals surface area contributed by atoms with E-state index in [2.05, 4.69) is 22.9 Å². The van der Waals surface area contributed by atoms with Gasteiger partial charge in [0, 0.05) is 13.1 Å². The van der Waals surface area contributed by atoms with Crippen LogP contribution in [0.3, 0.4) is 0 Å². The Hall–Kier alpha value is -0.810. The van der Waals surface area contributed by atoms with Crippen LogP contribution < -0.4 is 16.0 Å². The number of hydrogen-bond donors (Lipinski definition) is 3. The largest absolute Gasteiger partial charge is 0.354 e. The first-order valence-electron chi connectivity index (χ1n) is 8.49. The molecule has 2 rings (SSSR count). The van der Waals surface area contributed by atoms with Gasteiger partial charge >= 0.3 is 0 Å². The number of halogens is 1. The van der Waals surface area contributed by atoms with Crippen molar-refractivity contribution in [2.24, 2.45) is 5.92 Å². The fourth-order valence-electron chi connectivity index (χ4n) is 3.33. The van der Waals surface area contributed by atoms with Crippen LogP contribution >= 0.6 is 12.4 Å². The Morgan fingerprint density at radius 1 is 1.23 bits per heavy atom. The molecule has 6 heteroatoms. The zero-order valence-corrected chi connectivity index (χ0v) is 14.4. The van der Waals surface area contributed by atoms with Crippen LogP contribution in [0.25, 0.3) is 0 Å². The summed E-state index contributed by atoms with van der Waals surface area (Å²) in [6, 6.07) is 0. The van der Waals surface area contributed by atoms with Gasteiger partial charge in [0.2, 0.25) is 11.8 Å². The summed E-state index contributed by atoms with van der Waals surface area (Å²) in [5.41, 5.74) is -0.661. The number of nitrogens with one attached hydrogen (secondary N) is 3. The molecule has 1 unspecified atom stereocenters. The molecule has 0 bridgehead atoms. The van der Waals surface area contributed by atoms with Crippen molar-refractivity contribution in [2.75, 3.05) is 19.6 Å². The van der Waals surface area contributed by atoms with E-state index in [4.69, 9.17) is 0 Å². The third-order valence-corrected chi connectivity index (χ3v) is 4.75. The van der Waals surface area contributed by atoms with E-state index in [0.717, 1.165) is 64.5 Å². The van der Waals surface area contributed by atoms with Crippen LogP contribution in [0.4, 0.5) is 0 Å². The van der Waals surface area contributed by atoms with Crippen LogP contribution in [-0.4, -0.2) is 37.0 Å². The van der Waals surface area contributed by atoms with Crippen LogP contribution in [0.5, 0.6) is 0 Å². The third kappa shape index (κ3) is 4.85. The molecule has 2 amide bonds. The maximum atomic E-state index is 12.6. The Morgan fingerprint density at radius 2 is 1.95 bits per heavy atom. The van der Waals surface area contributed by atoms with Gasteiger partial charge in [0.15, 0.2) is 0 Å².